The molecule has 18 heavy (non-hydrogen) atoms. The van der Waals surface area contributed by atoms with E-state index in [4.69, 9.17) is 16.3 Å². The minimum atomic E-state index is -0.204. The number of hydrogen-bond donors (Lipinski definition) is 2. The van der Waals surface area contributed by atoms with E-state index in [0.717, 1.165) is 5.69 Å². The van der Waals surface area contributed by atoms with Crippen molar-refractivity contribution in [3.63, 3.8) is 0 Å². The normalized spacial score (nSPS) is 10.2. The second kappa shape index (κ2) is 5.10. The molecule has 2 N–H and O–H groups in total. The van der Waals surface area contributed by atoms with E-state index in [1.54, 1.807) is 32.2 Å². The van der Waals surface area contributed by atoms with Crippen LogP contribution in [0.5, 0.6) is 5.75 Å². The number of hydrogen-bond acceptors (Lipinski definition) is 4. The van der Waals surface area contributed by atoms with Crippen molar-refractivity contribution in [1.29, 1.82) is 0 Å². The minimum absolute atomic E-state index is 0.204. The number of halogens is 1. The lowest BCUT2D eigenvalue weighted by atomic mass is 10.3. The number of rotatable bonds is 3. The Bertz CT molecular complexity index is 625. The van der Waals surface area contributed by atoms with Gasteiger partial charge in [-0.2, -0.15) is 0 Å². The van der Waals surface area contributed by atoms with Crippen LogP contribution in [0, 0.1) is 6.92 Å². The molecule has 1 heterocycles. The van der Waals surface area contributed by atoms with E-state index in [9.17, 15) is 4.79 Å². The molecule has 2 rings (SSSR count). The smallest absolute Gasteiger partial charge is 0.252 e. The second-order valence-electron chi connectivity index (χ2n) is 3.71. The van der Waals surface area contributed by atoms with Gasteiger partial charge in [0.1, 0.15) is 5.75 Å². The number of nitrogens with one attached hydrogen (secondary N) is 2. The van der Waals surface area contributed by atoms with Crippen LogP contribution in [-0.2, 0) is 0 Å². The molecule has 94 valence electrons. The minimum Gasteiger partial charge on any atom is -0.495 e. The molecule has 0 saturated heterocycles. The van der Waals surface area contributed by atoms with Gasteiger partial charge in [0.15, 0.2) is 0 Å². The Kier molecular flexibility index (Phi) is 3.53. The lowest BCUT2D eigenvalue weighted by Gasteiger charge is -2.08. The summed E-state index contributed by atoms with van der Waals surface area (Å²) in [5.41, 5.74) is 1.15. The standard InChI is InChI=1S/C12H12ClN3O2/c1-7-5-11(17)16-12(14-7)15-8-3-4-10(18-2)9(13)6-8/h3-6H,1-2H3,(H2,14,15,16,17). The first-order valence-corrected chi connectivity index (χ1v) is 5.65. The Morgan fingerprint density at radius 3 is 2.78 bits per heavy atom. The molecule has 1 aromatic carbocycles. The molecule has 6 heteroatoms. The van der Waals surface area contributed by atoms with Crippen molar-refractivity contribution >= 4 is 23.2 Å². The molecule has 0 radical (unpaired) electrons. The number of aromatic amines is 1. The SMILES string of the molecule is COc1ccc(Nc2nc(C)cc(=O)[nH]2)cc1Cl. The predicted molar refractivity (Wildman–Crippen MR) is 70.9 cm³/mol. The lowest BCUT2D eigenvalue weighted by molar-refractivity contribution is 0.415. The molecule has 0 fully saturated rings. The summed E-state index contributed by atoms with van der Waals surface area (Å²) in [6.45, 7) is 1.75. The van der Waals surface area contributed by atoms with Crippen molar-refractivity contribution in [1.82, 2.24) is 9.97 Å². The third-order valence-electron chi connectivity index (χ3n) is 2.28. The first-order chi connectivity index (χ1) is 8.58. The number of benzene rings is 1. The highest BCUT2D eigenvalue weighted by Crippen LogP contribution is 2.27. The summed E-state index contributed by atoms with van der Waals surface area (Å²) in [5, 5.41) is 3.45. The first-order valence-electron chi connectivity index (χ1n) is 5.27. The van der Waals surface area contributed by atoms with Gasteiger partial charge < -0.3 is 10.1 Å². The van der Waals surface area contributed by atoms with Crippen LogP contribution in [0.2, 0.25) is 5.02 Å². The maximum Gasteiger partial charge on any atom is 0.252 e. The van der Waals surface area contributed by atoms with Gasteiger partial charge in [-0.1, -0.05) is 11.6 Å². The summed E-state index contributed by atoms with van der Waals surface area (Å²) >= 11 is 6.00. The Balaban J connectivity index is 2.28. The number of aromatic nitrogens is 2. The molecular weight excluding hydrogens is 254 g/mol. The fraction of sp³-hybridized carbons (Fsp3) is 0.167. The van der Waals surface area contributed by atoms with Gasteiger partial charge in [0.2, 0.25) is 5.95 Å². The number of nitrogens with zero attached hydrogens (tertiary/aromatic N) is 1. The van der Waals surface area contributed by atoms with E-state index in [2.05, 4.69) is 15.3 Å². The summed E-state index contributed by atoms with van der Waals surface area (Å²) in [4.78, 5) is 18.0. The zero-order valence-electron chi connectivity index (χ0n) is 9.95. The van der Waals surface area contributed by atoms with Crippen molar-refractivity contribution in [2.45, 2.75) is 6.92 Å². The van der Waals surface area contributed by atoms with E-state index in [-0.39, 0.29) is 5.56 Å². The maximum atomic E-state index is 11.3. The van der Waals surface area contributed by atoms with Crippen molar-refractivity contribution in [2.24, 2.45) is 0 Å². The monoisotopic (exact) mass is 265 g/mol. The molecule has 0 aliphatic carbocycles. The van der Waals surface area contributed by atoms with Crippen LogP contribution in [0.3, 0.4) is 0 Å². The Labute approximate surface area is 109 Å². The summed E-state index contributed by atoms with van der Waals surface area (Å²) in [5.74, 6) is 0.967. The molecule has 0 bridgehead atoms. The third kappa shape index (κ3) is 2.81. The molecule has 0 amide bonds. The van der Waals surface area contributed by atoms with Crippen molar-refractivity contribution in [2.75, 3.05) is 12.4 Å². The van der Waals surface area contributed by atoms with Gasteiger partial charge >= 0.3 is 0 Å². The lowest BCUT2D eigenvalue weighted by Crippen LogP contribution is -2.10. The Hall–Kier alpha value is -2.01. The summed E-state index contributed by atoms with van der Waals surface area (Å²) in [6.07, 6.45) is 0. The Morgan fingerprint density at radius 2 is 2.17 bits per heavy atom. The number of ether oxygens (including phenoxy) is 1. The van der Waals surface area contributed by atoms with Gasteiger partial charge in [-0.25, -0.2) is 4.98 Å². The third-order valence-corrected chi connectivity index (χ3v) is 2.58. The van der Waals surface area contributed by atoms with Crippen molar-refractivity contribution in [3.8, 4) is 5.75 Å². The van der Waals surface area contributed by atoms with E-state index in [1.165, 1.54) is 6.07 Å². The number of anilines is 2. The summed E-state index contributed by atoms with van der Waals surface area (Å²) in [7, 11) is 1.55. The Morgan fingerprint density at radius 1 is 1.39 bits per heavy atom. The average molecular weight is 266 g/mol. The van der Waals surface area contributed by atoms with E-state index in [0.29, 0.717) is 22.4 Å². The van der Waals surface area contributed by atoms with Gasteiger partial charge in [0.05, 0.1) is 12.1 Å². The van der Waals surface area contributed by atoms with Crippen LogP contribution in [0.15, 0.2) is 29.1 Å². The van der Waals surface area contributed by atoms with Gasteiger partial charge in [-0.15, -0.1) is 0 Å². The highest BCUT2D eigenvalue weighted by atomic mass is 35.5. The molecule has 0 aliphatic heterocycles. The first kappa shape index (κ1) is 12.4. The molecule has 0 saturated carbocycles. The topological polar surface area (TPSA) is 67.0 Å². The number of methoxy groups -OCH3 is 1. The highest BCUT2D eigenvalue weighted by Gasteiger charge is 2.03. The molecule has 0 aliphatic rings. The maximum absolute atomic E-state index is 11.3. The fourth-order valence-electron chi connectivity index (χ4n) is 1.52. The number of H-pyrrole nitrogens is 1. The number of aryl methyl sites for hydroxylation is 1. The molecule has 2 aromatic rings. The van der Waals surface area contributed by atoms with Crippen LogP contribution in [0.1, 0.15) is 5.69 Å². The van der Waals surface area contributed by atoms with Crippen LogP contribution in [-0.4, -0.2) is 17.1 Å². The van der Waals surface area contributed by atoms with Crippen molar-refractivity contribution < 1.29 is 4.74 Å². The second-order valence-corrected chi connectivity index (χ2v) is 4.12. The van der Waals surface area contributed by atoms with Gasteiger partial charge in [0.25, 0.3) is 5.56 Å². The van der Waals surface area contributed by atoms with Crippen LogP contribution in [0.4, 0.5) is 11.6 Å². The predicted octanol–water partition coefficient (Wildman–Crippen LogP) is 2.48. The van der Waals surface area contributed by atoms with E-state index in [1.807, 2.05) is 0 Å². The van der Waals surface area contributed by atoms with Crippen molar-refractivity contribution in [3.05, 3.63) is 45.3 Å². The molecule has 0 spiro atoms. The zero-order valence-corrected chi connectivity index (χ0v) is 10.7. The van der Waals surface area contributed by atoms with E-state index < -0.39 is 0 Å². The van der Waals surface area contributed by atoms with Gasteiger partial charge in [-0.3, -0.25) is 9.78 Å². The van der Waals surface area contributed by atoms with Crippen LogP contribution < -0.4 is 15.6 Å². The zero-order chi connectivity index (χ0) is 13.1. The fourth-order valence-corrected chi connectivity index (χ4v) is 1.78. The summed E-state index contributed by atoms with van der Waals surface area (Å²) < 4.78 is 5.06. The van der Waals surface area contributed by atoms with Crippen LogP contribution in [0.25, 0.3) is 0 Å². The molecule has 1 aromatic heterocycles. The van der Waals surface area contributed by atoms with E-state index >= 15 is 0 Å². The average Bonchev–Trinajstić information content (AvgIpc) is 2.27. The van der Waals surface area contributed by atoms with Crippen LogP contribution >= 0.6 is 11.6 Å². The van der Waals surface area contributed by atoms with Gasteiger partial charge in [0, 0.05) is 17.4 Å². The molecule has 5 nitrogen and oxygen atoms in total. The molecular formula is C12H12ClN3O2. The highest BCUT2D eigenvalue weighted by molar-refractivity contribution is 6.32. The molecule has 0 unspecified atom stereocenters. The summed E-state index contributed by atoms with van der Waals surface area (Å²) in [6, 6.07) is 6.64. The largest absolute Gasteiger partial charge is 0.495 e. The quantitative estimate of drug-likeness (QED) is 0.895. The van der Waals surface area contributed by atoms with Gasteiger partial charge in [-0.05, 0) is 25.1 Å². The molecule has 0 atom stereocenters.